The van der Waals surface area contributed by atoms with E-state index in [-0.39, 0.29) is 16.8 Å². The quantitative estimate of drug-likeness (QED) is 0.413. The number of benzene rings is 1. The van der Waals surface area contributed by atoms with Gasteiger partial charge in [-0.25, -0.2) is 4.79 Å². The number of ether oxygens (including phenoxy) is 1. The van der Waals surface area contributed by atoms with Gasteiger partial charge in [-0.15, -0.1) is 0 Å². The maximum absolute atomic E-state index is 11.6. The summed E-state index contributed by atoms with van der Waals surface area (Å²) < 4.78 is 7.39. The Hall–Kier alpha value is -2.60. The molecule has 0 aliphatic heterocycles. The molecule has 0 radical (unpaired) electrons. The van der Waals surface area contributed by atoms with Crippen LogP contribution in [0.15, 0.2) is 58.3 Å². The lowest BCUT2D eigenvalue weighted by atomic mass is 9.94. The van der Waals surface area contributed by atoms with Gasteiger partial charge >= 0.3 is 5.69 Å². The summed E-state index contributed by atoms with van der Waals surface area (Å²) in [4.78, 5) is 24.9. The molecule has 3 rings (SSSR count). The molecular weight excluding hydrogens is 378 g/mol. The van der Waals surface area contributed by atoms with Gasteiger partial charge in [0.1, 0.15) is 5.75 Å². The smallest absolute Gasteiger partial charge is 0.328 e. The van der Waals surface area contributed by atoms with Gasteiger partial charge in [-0.3, -0.25) is 14.3 Å². The van der Waals surface area contributed by atoms with E-state index in [9.17, 15) is 9.59 Å². The molecule has 0 bridgehead atoms. The fourth-order valence-electron chi connectivity index (χ4n) is 3.26. The van der Waals surface area contributed by atoms with Crippen molar-refractivity contribution in [3.8, 4) is 5.75 Å². The highest BCUT2D eigenvalue weighted by atomic mass is 16.5. The highest BCUT2D eigenvalue weighted by Gasteiger charge is 2.23. The zero-order valence-electron chi connectivity index (χ0n) is 18.0. The molecule has 2 aromatic rings. The van der Waals surface area contributed by atoms with Crippen LogP contribution in [0.3, 0.4) is 0 Å². The molecule has 0 saturated heterocycles. The third-order valence-electron chi connectivity index (χ3n) is 5.47. The number of H-pyrrole nitrogens is 1. The maximum Gasteiger partial charge on any atom is 0.328 e. The second-order valence-electron chi connectivity index (χ2n) is 8.56. The van der Waals surface area contributed by atoms with Crippen LogP contribution in [0.4, 0.5) is 0 Å². The zero-order chi connectivity index (χ0) is 21.4. The van der Waals surface area contributed by atoms with E-state index in [1.165, 1.54) is 35.2 Å². The Balaban J connectivity index is 1.35. The summed E-state index contributed by atoms with van der Waals surface area (Å²) in [5.74, 6) is 1.72. The van der Waals surface area contributed by atoms with Crippen molar-refractivity contribution in [1.82, 2.24) is 14.9 Å². The summed E-state index contributed by atoms with van der Waals surface area (Å²) in [5, 5.41) is 3.65. The van der Waals surface area contributed by atoms with Crippen molar-refractivity contribution in [1.29, 1.82) is 0 Å². The van der Waals surface area contributed by atoms with Crippen LogP contribution in [0.25, 0.3) is 0 Å². The van der Waals surface area contributed by atoms with Crippen LogP contribution in [0.1, 0.15) is 51.5 Å². The highest BCUT2D eigenvalue weighted by Crippen LogP contribution is 2.30. The average Bonchev–Trinajstić information content (AvgIpc) is 3.54. The standard InChI is InChI=1S/C24H33N3O3/c1-24(2,20-9-8-10-21(17-20)30-18-19-11-12-19)25-14-6-4-3-5-7-15-27-16-13-22(28)26-23(27)29/h5,7-10,13,16-17,19,25H,3-4,6,11-12,14-15,18H2,1-2H3,(H,26,28,29)/b7-5+. The topological polar surface area (TPSA) is 76.1 Å². The first kappa shape index (κ1) is 22.1. The van der Waals surface area contributed by atoms with Gasteiger partial charge in [0.2, 0.25) is 0 Å². The molecule has 1 saturated carbocycles. The van der Waals surface area contributed by atoms with E-state index in [0.717, 1.165) is 44.1 Å². The lowest BCUT2D eigenvalue weighted by Crippen LogP contribution is -2.37. The minimum Gasteiger partial charge on any atom is -0.493 e. The molecule has 1 fully saturated rings. The molecule has 0 atom stereocenters. The Bertz CT molecular complexity index is 954. The Morgan fingerprint density at radius 2 is 2.03 bits per heavy atom. The zero-order valence-corrected chi connectivity index (χ0v) is 18.0. The summed E-state index contributed by atoms with van der Waals surface area (Å²) in [5.41, 5.74) is 0.385. The van der Waals surface area contributed by atoms with E-state index in [1.54, 1.807) is 0 Å². The number of unbranched alkanes of at least 4 members (excludes halogenated alkanes) is 2. The minimum absolute atomic E-state index is 0.111. The third-order valence-corrected chi connectivity index (χ3v) is 5.47. The number of hydrogen-bond acceptors (Lipinski definition) is 4. The summed E-state index contributed by atoms with van der Waals surface area (Å²) in [6, 6.07) is 9.77. The predicted molar refractivity (Wildman–Crippen MR) is 120 cm³/mol. The molecule has 2 N–H and O–H groups in total. The summed E-state index contributed by atoms with van der Waals surface area (Å²) in [6.45, 7) is 6.65. The molecule has 6 nitrogen and oxygen atoms in total. The third kappa shape index (κ3) is 7.02. The van der Waals surface area contributed by atoms with Crippen LogP contribution in [-0.4, -0.2) is 22.7 Å². The van der Waals surface area contributed by atoms with Crippen molar-refractivity contribution < 1.29 is 4.74 Å². The van der Waals surface area contributed by atoms with Gasteiger partial charge in [-0.1, -0.05) is 24.3 Å². The normalized spacial score (nSPS) is 14.3. The van der Waals surface area contributed by atoms with Crippen molar-refractivity contribution in [2.75, 3.05) is 13.2 Å². The van der Waals surface area contributed by atoms with Crippen molar-refractivity contribution in [3.05, 3.63) is 75.1 Å². The van der Waals surface area contributed by atoms with Crippen molar-refractivity contribution in [2.45, 2.75) is 58.0 Å². The van der Waals surface area contributed by atoms with Gasteiger partial charge in [0.15, 0.2) is 0 Å². The van der Waals surface area contributed by atoms with E-state index >= 15 is 0 Å². The van der Waals surface area contributed by atoms with Crippen molar-refractivity contribution in [2.24, 2.45) is 5.92 Å². The van der Waals surface area contributed by atoms with Crippen LogP contribution in [0.5, 0.6) is 5.75 Å². The van der Waals surface area contributed by atoms with Crippen LogP contribution in [0, 0.1) is 5.92 Å². The van der Waals surface area contributed by atoms with Crippen molar-refractivity contribution >= 4 is 0 Å². The SMILES string of the molecule is CC(C)(NCCCC/C=C/Cn1ccc(=O)[nH]c1=O)c1cccc(OCC2CC2)c1. The van der Waals surface area contributed by atoms with E-state index in [1.807, 2.05) is 12.1 Å². The number of nitrogens with zero attached hydrogens (tertiary/aromatic N) is 1. The Labute approximate surface area is 178 Å². The molecule has 1 aromatic carbocycles. The molecule has 0 unspecified atom stereocenters. The predicted octanol–water partition coefficient (Wildman–Crippen LogP) is 3.58. The molecule has 1 aliphatic rings. The molecule has 1 aromatic heterocycles. The number of nitrogens with one attached hydrogen (secondary N) is 2. The lowest BCUT2D eigenvalue weighted by molar-refractivity contribution is 0.298. The van der Waals surface area contributed by atoms with Crippen LogP contribution < -0.4 is 21.3 Å². The van der Waals surface area contributed by atoms with Gasteiger partial charge in [-0.2, -0.15) is 0 Å². The molecule has 1 heterocycles. The number of rotatable bonds is 12. The molecule has 6 heteroatoms. The Kier molecular flexibility index (Phi) is 7.69. The van der Waals surface area contributed by atoms with E-state index < -0.39 is 0 Å². The molecule has 0 spiro atoms. The molecule has 1 aliphatic carbocycles. The first-order chi connectivity index (χ1) is 14.4. The van der Waals surface area contributed by atoms with E-state index in [2.05, 4.69) is 48.4 Å². The maximum atomic E-state index is 11.6. The van der Waals surface area contributed by atoms with Gasteiger partial charge < -0.3 is 10.1 Å². The monoisotopic (exact) mass is 411 g/mol. The van der Waals surface area contributed by atoms with E-state index in [0.29, 0.717) is 6.54 Å². The summed E-state index contributed by atoms with van der Waals surface area (Å²) >= 11 is 0. The van der Waals surface area contributed by atoms with Crippen LogP contribution >= 0.6 is 0 Å². The first-order valence-corrected chi connectivity index (χ1v) is 10.9. The second kappa shape index (κ2) is 10.4. The average molecular weight is 412 g/mol. The highest BCUT2D eigenvalue weighted by molar-refractivity contribution is 5.32. The number of aromatic nitrogens is 2. The van der Waals surface area contributed by atoms with Gasteiger partial charge in [0, 0.05) is 24.3 Å². The summed E-state index contributed by atoms with van der Waals surface area (Å²) in [6.07, 6.45) is 11.3. The van der Waals surface area contributed by atoms with E-state index in [4.69, 9.17) is 4.74 Å². The van der Waals surface area contributed by atoms with Crippen LogP contribution in [-0.2, 0) is 12.1 Å². The fourth-order valence-corrected chi connectivity index (χ4v) is 3.26. The second-order valence-corrected chi connectivity index (χ2v) is 8.56. The van der Waals surface area contributed by atoms with Crippen LogP contribution in [0.2, 0.25) is 0 Å². The number of hydrogen-bond donors (Lipinski definition) is 2. The molecule has 30 heavy (non-hydrogen) atoms. The van der Waals surface area contributed by atoms with Gasteiger partial charge in [0.25, 0.3) is 5.56 Å². The van der Waals surface area contributed by atoms with Crippen molar-refractivity contribution in [3.63, 3.8) is 0 Å². The van der Waals surface area contributed by atoms with Gasteiger partial charge in [0.05, 0.1) is 6.61 Å². The number of aromatic amines is 1. The minimum atomic E-state index is -0.374. The Morgan fingerprint density at radius 3 is 2.80 bits per heavy atom. The summed E-state index contributed by atoms with van der Waals surface area (Å²) in [7, 11) is 0. The largest absolute Gasteiger partial charge is 0.493 e. The molecular formula is C24H33N3O3. The first-order valence-electron chi connectivity index (χ1n) is 10.9. The Morgan fingerprint density at radius 1 is 1.20 bits per heavy atom. The lowest BCUT2D eigenvalue weighted by Gasteiger charge is -2.27. The molecule has 0 amide bonds. The number of allylic oxidation sites excluding steroid dienone is 2. The molecule has 162 valence electrons. The van der Waals surface area contributed by atoms with Gasteiger partial charge in [-0.05, 0) is 76.1 Å². The fraction of sp³-hybridized carbons (Fsp3) is 0.500.